The monoisotopic (exact) mass is 295 g/mol. The van der Waals surface area contributed by atoms with Gasteiger partial charge in [0.15, 0.2) is 0 Å². The highest BCUT2D eigenvalue weighted by Gasteiger charge is 2.14. The Hall–Kier alpha value is -1.10. The number of aromatic nitrogens is 1. The lowest BCUT2D eigenvalue weighted by Crippen LogP contribution is -2.20. The van der Waals surface area contributed by atoms with Crippen LogP contribution in [0.2, 0.25) is 0 Å². The first-order chi connectivity index (χ1) is 9.65. The summed E-state index contributed by atoms with van der Waals surface area (Å²) in [5.74, 6) is 3.14. The molecule has 1 aliphatic rings. The van der Waals surface area contributed by atoms with Crippen molar-refractivity contribution < 1.29 is 4.74 Å². The molecule has 0 bridgehead atoms. The average molecular weight is 295 g/mol. The van der Waals surface area contributed by atoms with Crippen molar-refractivity contribution in [1.82, 2.24) is 4.98 Å². The van der Waals surface area contributed by atoms with Crippen molar-refractivity contribution in [1.29, 1.82) is 0 Å². The standard InChI is InChI=1S/C15H25N3OS/c1-11(2)10-19-15-13(16)6-7-14(18-15)17-9-12-5-3-4-8-20-12/h6-7,11-12H,3-5,8-10,16H2,1-2H3,(H,17,18). The van der Waals surface area contributed by atoms with Crippen LogP contribution in [-0.4, -0.2) is 29.1 Å². The number of nitrogens with two attached hydrogens (primary N) is 1. The van der Waals surface area contributed by atoms with Crippen molar-refractivity contribution in [2.24, 2.45) is 5.92 Å². The van der Waals surface area contributed by atoms with Crippen molar-refractivity contribution in [3.63, 3.8) is 0 Å². The van der Waals surface area contributed by atoms with E-state index in [0.717, 1.165) is 12.4 Å². The topological polar surface area (TPSA) is 60.2 Å². The van der Waals surface area contributed by atoms with E-state index < -0.39 is 0 Å². The zero-order valence-electron chi connectivity index (χ0n) is 12.4. The van der Waals surface area contributed by atoms with Crippen LogP contribution >= 0.6 is 11.8 Å². The molecule has 5 heteroatoms. The molecule has 0 saturated carbocycles. The quantitative estimate of drug-likeness (QED) is 0.842. The van der Waals surface area contributed by atoms with Gasteiger partial charge in [-0.1, -0.05) is 20.3 Å². The molecule has 2 rings (SSSR count). The number of hydrogen-bond acceptors (Lipinski definition) is 5. The first-order valence-electron chi connectivity index (χ1n) is 7.40. The lowest BCUT2D eigenvalue weighted by atomic mass is 10.2. The normalized spacial score (nSPS) is 19.1. The molecule has 1 aliphatic heterocycles. The molecule has 0 amide bonds. The van der Waals surface area contributed by atoms with Crippen LogP contribution in [0.25, 0.3) is 0 Å². The molecule has 20 heavy (non-hydrogen) atoms. The number of thioether (sulfide) groups is 1. The van der Waals surface area contributed by atoms with E-state index in [1.54, 1.807) is 0 Å². The maximum Gasteiger partial charge on any atom is 0.239 e. The van der Waals surface area contributed by atoms with E-state index in [2.05, 4.69) is 35.9 Å². The second kappa shape index (κ2) is 7.62. The zero-order chi connectivity index (χ0) is 14.4. The van der Waals surface area contributed by atoms with Crippen LogP contribution in [-0.2, 0) is 0 Å². The molecule has 0 aliphatic carbocycles. The molecule has 1 aromatic rings. The maximum atomic E-state index is 5.90. The predicted octanol–water partition coefficient (Wildman–Crippen LogP) is 3.40. The van der Waals surface area contributed by atoms with Gasteiger partial charge in [-0.2, -0.15) is 16.7 Å². The first kappa shape index (κ1) is 15.3. The number of nitrogen functional groups attached to an aromatic ring is 1. The van der Waals surface area contributed by atoms with Gasteiger partial charge in [-0.25, -0.2) is 0 Å². The van der Waals surface area contributed by atoms with E-state index in [-0.39, 0.29) is 0 Å². The van der Waals surface area contributed by atoms with Crippen LogP contribution in [0.4, 0.5) is 11.5 Å². The van der Waals surface area contributed by atoms with Crippen molar-refractivity contribution >= 4 is 23.3 Å². The van der Waals surface area contributed by atoms with E-state index in [1.807, 2.05) is 12.1 Å². The molecular weight excluding hydrogens is 270 g/mol. The fourth-order valence-electron chi connectivity index (χ4n) is 2.10. The van der Waals surface area contributed by atoms with Crippen molar-refractivity contribution in [3.05, 3.63) is 12.1 Å². The summed E-state index contributed by atoms with van der Waals surface area (Å²) in [5.41, 5.74) is 6.50. The number of nitrogens with zero attached hydrogens (tertiary/aromatic N) is 1. The summed E-state index contributed by atoms with van der Waals surface area (Å²) in [5, 5.41) is 4.10. The van der Waals surface area contributed by atoms with Crippen LogP contribution in [0.3, 0.4) is 0 Å². The van der Waals surface area contributed by atoms with Crippen LogP contribution < -0.4 is 15.8 Å². The summed E-state index contributed by atoms with van der Waals surface area (Å²) in [6.07, 6.45) is 4.00. The van der Waals surface area contributed by atoms with Crippen LogP contribution in [0.5, 0.6) is 5.88 Å². The Bertz CT molecular complexity index is 420. The number of nitrogens with one attached hydrogen (secondary N) is 1. The van der Waals surface area contributed by atoms with Gasteiger partial charge in [0.25, 0.3) is 0 Å². The van der Waals surface area contributed by atoms with Crippen LogP contribution in [0, 0.1) is 5.92 Å². The third-order valence-corrected chi connectivity index (χ3v) is 4.63. The van der Waals surface area contributed by atoms with Gasteiger partial charge >= 0.3 is 0 Å². The van der Waals surface area contributed by atoms with Gasteiger partial charge in [0, 0.05) is 11.8 Å². The molecule has 1 unspecified atom stereocenters. The van der Waals surface area contributed by atoms with Gasteiger partial charge in [-0.05, 0) is 36.6 Å². The third kappa shape index (κ3) is 4.78. The summed E-state index contributed by atoms with van der Waals surface area (Å²) in [7, 11) is 0. The fraction of sp³-hybridized carbons (Fsp3) is 0.667. The smallest absolute Gasteiger partial charge is 0.239 e. The highest BCUT2D eigenvalue weighted by Crippen LogP contribution is 2.26. The zero-order valence-corrected chi connectivity index (χ0v) is 13.2. The minimum atomic E-state index is 0.464. The summed E-state index contributed by atoms with van der Waals surface area (Å²) in [4.78, 5) is 4.46. The molecule has 0 radical (unpaired) electrons. The number of hydrogen-bond donors (Lipinski definition) is 2. The van der Waals surface area contributed by atoms with Gasteiger partial charge < -0.3 is 15.8 Å². The Labute approximate surface area is 125 Å². The van der Waals surface area contributed by atoms with E-state index in [4.69, 9.17) is 10.5 Å². The average Bonchev–Trinajstić information content (AvgIpc) is 2.46. The summed E-state index contributed by atoms with van der Waals surface area (Å²) in [6.45, 7) is 5.82. The lowest BCUT2D eigenvalue weighted by molar-refractivity contribution is 0.263. The van der Waals surface area contributed by atoms with Gasteiger partial charge in [-0.3, -0.25) is 0 Å². The summed E-state index contributed by atoms with van der Waals surface area (Å²) in [6, 6.07) is 3.78. The summed E-state index contributed by atoms with van der Waals surface area (Å²) < 4.78 is 5.65. The highest BCUT2D eigenvalue weighted by molar-refractivity contribution is 7.99. The van der Waals surface area contributed by atoms with Gasteiger partial charge in [0.2, 0.25) is 5.88 Å². The molecule has 2 heterocycles. The van der Waals surface area contributed by atoms with E-state index in [9.17, 15) is 0 Å². The Balaban J connectivity index is 1.89. The Kier molecular flexibility index (Phi) is 5.83. The van der Waals surface area contributed by atoms with E-state index in [1.165, 1.54) is 25.0 Å². The maximum absolute atomic E-state index is 5.90. The Morgan fingerprint density at radius 1 is 1.45 bits per heavy atom. The minimum Gasteiger partial charge on any atom is -0.476 e. The van der Waals surface area contributed by atoms with Crippen LogP contribution in [0.1, 0.15) is 33.1 Å². The predicted molar refractivity (Wildman–Crippen MR) is 87.6 cm³/mol. The number of pyridine rings is 1. The molecule has 1 fully saturated rings. The number of anilines is 2. The van der Waals surface area contributed by atoms with Crippen molar-refractivity contribution in [3.8, 4) is 5.88 Å². The molecule has 1 saturated heterocycles. The number of ether oxygens (including phenoxy) is 1. The second-order valence-electron chi connectivity index (χ2n) is 5.67. The molecule has 0 aromatic carbocycles. The molecular formula is C15H25N3OS. The first-order valence-corrected chi connectivity index (χ1v) is 8.45. The molecule has 112 valence electrons. The van der Waals surface area contributed by atoms with Gasteiger partial charge in [-0.15, -0.1) is 0 Å². The SMILES string of the molecule is CC(C)COc1nc(NCC2CCCCS2)ccc1N. The molecule has 1 aromatic heterocycles. The lowest BCUT2D eigenvalue weighted by Gasteiger charge is -2.21. The van der Waals surface area contributed by atoms with Crippen molar-refractivity contribution in [2.45, 2.75) is 38.4 Å². The van der Waals surface area contributed by atoms with Gasteiger partial charge in [0.1, 0.15) is 5.82 Å². The van der Waals surface area contributed by atoms with Crippen LogP contribution in [0.15, 0.2) is 12.1 Å². The molecule has 3 N–H and O–H groups in total. The highest BCUT2D eigenvalue weighted by atomic mass is 32.2. The van der Waals surface area contributed by atoms with Crippen molar-refractivity contribution in [2.75, 3.05) is 30.0 Å². The molecule has 1 atom stereocenters. The summed E-state index contributed by atoms with van der Waals surface area (Å²) >= 11 is 2.06. The van der Waals surface area contributed by atoms with E-state index >= 15 is 0 Å². The minimum absolute atomic E-state index is 0.464. The van der Waals surface area contributed by atoms with Gasteiger partial charge in [0.05, 0.1) is 12.3 Å². The Morgan fingerprint density at radius 2 is 2.30 bits per heavy atom. The molecule has 0 spiro atoms. The third-order valence-electron chi connectivity index (χ3n) is 3.23. The largest absolute Gasteiger partial charge is 0.476 e. The fourth-order valence-corrected chi connectivity index (χ4v) is 3.34. The number of rotatable bonds is 6. The van der Waals surface area contributed by atoms with E-state index in [0.29, 0.717) is 29.3 Å². The molecule has 4 nitrogen and oxygen atoms in total. The second-order valence-corrected chi connectivity index (χ2v) is 7.07. The Morgan fingerprint density at radius 3 is 3.00 bits per heavy atom.